The predicted octanol–water partition coefficient (Wildman–Crippen LogP) is 4.22. The fourth-order valence-electron chi connectivity index (χ4n) is 2.57. The third kappa shape index (κ3) is 5.15. The van der Waals surface area contributed by atoms with Crippen LogP contribution >= 0.6 is 11.6 Å². The lowest BCUT2D eigenvalue weighted by atomic mass is 10.2. The summed E-state index contributed by atoms with van der Waals surface area (Å²) in [6, 6.07) is 11.6. The van der Waals surface area contributed by atoms with Gasteiger partial charge in [-0.05, 0) is 44.8 Å². The van der Waals surface area contributed by atoms with Gasteiger partial charge in [0.05, 0.1) is 16.4 Å². The van der Waals surface area contributed by atoms with Gasteiger partial charge in [0.25, 0.3) is 0 Å². The topological polar surface area (TPSA) is 66.0 Å². The highest BCUT2D eigenvalue weighted by Crippen LogP contribution is 2.29. The minimum absolute atomic E-state index is 0.568. The van der Waals surface area contributed by atoms with E-state index in [1.807, 2.05) is 57.4 Å². The van der Waals surface area contributed by atoms with Gasteiger partial charge >= 0.3 is 0 Å². The number of hydrogen-bond acceptors (Lipinski definition) is 6. The van der Waals surface area contributed by atoms with E-state index in [2.05, 4.69) is 30.5 Å². The second kappa shape index (κ2) is 8.79. The highest BCUT2D eigenvalue weighted by molar-refractivity contribution is 6.33. The van der Waals surface area contributed by atoms with Gasteiger partial charge in [0, 0.05) is 37.1 Å². The molecule has 3 aromatic rings. The standard InChI is InChI=1S/C20H23ClN6/c1-14-5-4-6-16(21)19(14)25-18-13-17(15-7-9-22-10-8-15)24-20(26-18)23-11-12-27(2)3/h4-10,13H,11-12H2,1-3H3,(H2,23,24,25,26). The van der Waals surface area contributed by atoms with Crippen LogP contribution in [0.2, 0.25) is 5.02 Å². The van der Waals surface area contributed by atoms with Crippen molar-refractivity contribution in [3.8, 4) is 11.3 Å². The Hall–Kier alpha value is -2.70. The molecule has 0 bridgehead atoms. The maximum Gasteiger partial charge on any atom is 0.225 e. The maximum atomic E-state index is 6.36. The molecule has 0 saturated carbocycles. The predicted molar refractivity (Wildman–Crippen MR) is 112 cm³/mol. The van der Waals surface area contributed by atoms with Gasteiger partial charge in [-0.3, -0.25) is 4.98 Å². The molecule has 0 radical (unpaired) electrons. The molecule has 0 spiro atoms. The molecular weight excluding hydrogens is 360 g/mol. The van der Waals surface area contributed by atoms with Gasteiger partial charge in [0.15, 0.2) is 0 Å². The average Bonchev–Trinajstić information content (AvgIpc) is 2.65. The second-order valence-electron chi connectivity index (χ2n) is 6.48. The minimum atomic E-state index is 0.568. The summed E-state index contributed by atoms with van der Waals surface area (Å²) in [6.07, 6.45) is 3.50. The van der Waals surface area contributed by atoms with Crippen LogP contribution in [0.3, 0.4) is 0 Å². The molecule has 2 aromatic heterocycles. The first-order chi connectivity index (χ1) is 13.0. The van der Waals surface area contributed by atoms with E-state index in [9.17, 15) is 0 Å². The number of anilines is 3. The van der Waals surface area contributed by atoms with Crippen LogP contribution in [0.5, 0.6) is 0 Å². The summed E-state index contributed by atoms with van der Waals surface area (Å²) < 4.78 is 0. The first-order valence-electron chi connectivity index (χ1n) is 8.73. The number of benzene rings is 1. The minimum Gasteiger partial charge on any atom is -0.353 e. The number of halogens is 1. The first-order valence-corrected chi connectivity index (χ1v) is 9.11. The zero-order valence-corrected chi connectivity index (χ0v) is 16.5. The monoisotopic (exact) mass is 382 g/mol. The lowest BCUT2D eigenvalue weighted by Crippen LogP contribution is -2.21. The highest BCUT2D eigenvalue weighted by Gasteiger charge is 2.10. The number of aromatic nitrogens is 3. The van der Waals surface area contributed by atoms with Crippen LogP contribution in [0.4, 0.5) is 17.5 Å². The number of nitrogens with zero attached hydrogens (tertiary/aromatic N) is 4. The van der Waals surface area contributed by atoms with Crippen molar-refractivity contribution in [3.05, 3.63) is 59.4 Å². The molecule has 3 rings (SSSR count). The summed E-state index contributed by atoms with van der Waals surface area (Å²) in [4.78, 5) is 15.4. The molecular formula is C20H23ClN6. The van der Waals surface area contributed by atoms with Gasteiger partial charge in [-0.1, -0.05) is 23.7 Å². The second-order valence-corrected chi connectivity index (χ2v) is 6.89. The first kappa shape index (κ1) is 19.1. The fraction of sp³-hybridized carbons (Fsp3) is 0.250. The molecule has 0 atom stereocenters. The highest BCUT2D eigenvalue weighted by atomic mass is 35.5. The quantitative estimate of drug-likeness (QED) is 0.637. The van der Waals surface area contributed by atoms with Gasteiger partial charge in [0.2, 0.25) is 5.95 Å². The van der Waals surface area contributed by atoms with Gasteiger partial charge in [0.1, 0.15) is 5.82 Å². The summed E-state index contributed by atoms with van der Waals surface area (Å²) in [6.45, 7) is 3.64. The van der Waals surface area contributed by atoms with Crippen LogP contribution in [0, 0.1) is 6.92 Å². The summed E-state index contributed by atoms with van der Waals surface area (Å²) in [5, 5.41) is 7.28. The van der Waals surface area contributed by atoms with E-state index in [1.165, 1.54) is 0 Å². The number of likely N-dealkylation sites (N-methyl/N-ethyl adjacent to an activating group) is 1. The molecule has 6 nitrogen and oxygen atoms in total. The largest absolute Gasteiger partial charge is 0.353 e. The Labute approximate surface area is 164 Å². The van der Waals surface area contributed by atoms with Crippen molar-refractivity contribution in [1.29, 1.82) is 0 Å². The lowest BCUT2D eigenvalue weighted by molar-refractivity contribution is 0.425. The Balaban J connectivity index is 1.94. The molecule has 0 saturated heterocycles. The van der Waals surface area contributed by atoms with Crippen molar-refractivity contribution in [2.45, 2.75) is 6.92 Å². The fourth-order valence-corrected chi connectivity index (χ4v) is 2.84. The van der Waals surface area contributed by atoms with Gasteiger partial charge < -0.3 is 15.5 Å². The Morgan fingerprint density at radius 1 is 1.07 bits per heavy atom. The molecule has 0 unspecified atom stereocenters. The molecule has 0 aliphatic carbocycles. The van der Waals surface area contributed by atoms with E-state index in [0.717, 1.165) is 35.6 Å². The third-order valence-corrected chi connectivity index (χ3v) is 4.33. The number of hydrogen-bond donors (Lipinski definition) is 2. The Morgan fingerprint density at radius 3 is 2.56 bits per heavy atom. The van der Waals surface area contributed by atoms with E-state index < -0.39 is 0 Å². The van der Waals surface area contributed by atoms with Crippen molar-refractivity contribution >= 4 is 29.1 Å². The molecule has 2 N–H and O–H groups in total. The molecule has 27 heavy (non-hydrogen) atoms. The molecule has 2 heterocycles. The Kier molecular flexibility index (Phi) is 6.21. The Bertz CT molecular complexity index is 878. The number of pyridine rings is 1. The van der Waals surface area contributed by atoms with Crippen molar-refractivity contribution in [3.63, 3.8) is 0 Å². The zero-order valence-electron chi connectivity index (χ0n) is 15.7. The number of nitrogens with one attached hydrogen (secondary N) is 2. The van der Waals surface area contributed by atoms with E-state index in [1.54, 1.807) is 12.4 Å². The van der Waals surface area contributed by atoms with Crippen LogP contribution in [-0.2, 0) is 0 Å². The van der Waals surface area contributed by atoms with Crippen LogP contribution < -0.4 is 10.6 Å². The molecule has 7 heteroatoms. The van der Waals surface area contributed by atoms with Crippen LogP contribution in [-0.4, -0.2) is 47.0 Å². The van der Waals surface area contributed by atoms with Gasteiger partial charge in [-0.15, -0.1) is 0 Å². The van der Waals surface area contributed by atoms with E-state index in [4.69, 9.17) is 11.6 Å². The number of aryl methyl sites for hydroxylation is 1. The average molecular weight is 383 g/mol. The van der Waals surface area contributed by atoms with Crippen LogP contribution in [0.1, 0.15) is 5.56 Å². The van der Waals surface area contributed by atoms with Crippen LogP contribution in [0.25, 0.3) is 11.3 Å². The van der Waals surface area contributed by atoms with Gasteiger partial charge in [-0.2, -0.15) is 4.98 Å². The maximum absolute atomic E-state index is 6.36. The summed E-state index contributed by atoms with van der Waals surface area (Å²) in [5.41, 5.74) is 3.68. The summed E-state index contributed by atoms with van der Waals surface area (Å²) in [7, 11) is 4.06. The van der Waals surface area contributed by atoms with E-state index in [0.29, 0.717) is 16.8 Å². The number of rotatable bonds is 7. The van der Waals surface area contributed by atoms with Crippen molar-refractivity contribution in [2.24, 2.45) is 0 Å². The van der Waals surface area contributed by atoms with E-state index >= 15 is 0 Å². The number of para-hydroxylation sites is 1. The molecule has 140 valence electrons. The molecule has 0 amide bonds. The third-order valence-electron chi connectivity index (χ3n) is 4.02. The van der Waals surface area contributed by atoms with Crippen LogP contribution in [0.15, 0.2) is 48.8 Å². The van der Waals surface area contributed by atoms with Crippen molar-refractivity contribution < 1.29 is 0 Å². The summed E-state index contributed by atoms with van der Waals surface area (Å²) >= 11 is 6.36. The lowest BCUT2D eigenvalue weighted by Gasteiger charge is -2.15. The normalized spacial score (nSPS) is 10.9. The van der Waals surface area contributed by atoms with Crippen molar-refractivity contribution in [1.82, 2.24) is 19.9 Å². The molecule has 0 aliphatic heterocycles. The van der Waals surface area contributed by atoms with Crippen molar-refractivity contribution in [2.75, 3.05) is 37.8 Å². The smallest absolute Gasteiger partial charge is 0.225 e. The SMILES string of the molecule is Cc1cccc(Cl)c1Nc1cc(-c2ccncc2)nc(NCCN(C)C)n1. The molecule has 1 aromatic carbocycles. The molecule has 0 aliphatic rings. The van der Waals surface area contributed by atoms with E-state index in [-0.39, 0.29) is 0 Å². The summed E-state index contributed by atoms with van der Waals surface area (Å²) in [5.74, 6) is 1.25. The van der Waals surface area contributed by atoms with Gasteiger partial charge in [-0.25, -0.2) is 4.98 Å². The zero-order chi connectivity index (χ0) is 19.2. The Morgan fingerprint density at radius 2 is 1.85 bits per heavy atom. The molecule has 0 fully saturated rings.